The molecule has 1 aliphatic rings. The number of ether oxygens (including phenoxy) is 2. The van der Waals surface area contributed by atoms with Crippen LogP contribution in [0.15, 0.2) is 28.7 Å². The number of para-hydroxylation sites is 1. The zero-order valence-corrected chi connectivity index (χ0v) is 15.2. The highest BCUT2D eigenvalue weighted by Gasteiger charge is 2.24. The minimum Gasteiger partial charge on any atom is -0.450 e. The Hall–Kier alpha value is -2.34. The molecule has 140 valence electrons. The van der Waals surface area contributed by atoms with Crippen LogP contribution >= 0.6 is 0 Å². The molecule has 0 radical (unpaired) electrons. The lowest BCUT2D eigenvalue weighted by Crippen LogP contribution is -2.39. The topological polar surface area (TPSA) is 77.8 Å². The molecular formula is C20H25NO5. The molecule has 1 aromatic carbocycles. The van der Waals surface area contributed by atoms with Crippen molar-refractivity contribution in [2.75, 3.05) is 13.7 Å². The summed E-state index contributed by atoms with van der Waals surface area (Å²) in [5.41, 5.74) is 1.22. The molecular weight excluding hydrogens is 334 g/mol. The van der Waals surface area contributed by atoms with Gasteiger partial charge in [-0.3, -0.25) is 4.79 Å². The first-order chi connectivity index (χ1) is 12.6. The molecule has 2 aromatic rings. The number of rotatable bonds is 6. The van der Waals surface area contributed by atoms with Gasteiger partial charge in [0.25, 0.3) is 5.91 Å². The van der Waals surface area contributed by atoms with Gasteiger partial charge in [0, 0.05) is 24.1 Å². The van der Waals surface area contributed by atoms with Crippen LogP contribution in [0.3, 0.4) is 0 Å². The Morgan fingerprint density at radius 2 is 1.92 bits per heavy atom. The van der Waals surface area contributed by atoms with E-state index in [1.807, 2.05) is 18.2 Å². The number of carbonyl (C=O) groups excluding carboxylic acids is 2. The summed E-state index contributed by atoms with van der Waals surface area (Å²) in [4.78, 5) is 24.5. The molecule has 1 amide bonds. The fourth-order valence-electron chi connectivity index (χ4n) is 3.42. The number of nitrogens with one attached hydrogen (secondary N) is 1. The van der Waals surface area contributed by atoms with Crippen LogP contribution in [0.25, 0.3) is 11.0 Å². The minimum absolute atomic E-state index is 0.0901. The highest BCUT2D eigenvalue weighted by Crippen LogP contribution is 2.27. The summed E-state index contributed by atoms with van der Waals surface area (Å²) in [6.07, 6.45) is 4.18. The Morgan fingerprint density at radius 3 is 2.65 bits per heavy atom. The van der Waals surface area contributed by atoms with Crippen molar-refractivity contribution in [3.8, 4) is 0 Å². The van der Waals surface area contributed by atoms with E-state index >= 15 is 0 Å². The smallest absolute Gasteiger partial charge is 0.375 e. The normalized spacial score (nSPS) is 20.1. The van der Waals surface area contributed by atoms with E-state index in [9.17, 15) is 9.59 Å². The molecule has 0 aliphatic heterocycles. The molecule has 1 N–H and O–H groups in total. The van der Waals surface area contributed by atoms with Gasteiger partial charge in [-0.15, -0.1) is 0 Å². The van der Waals surface area contributed by atoms with E-state index in [0.29, 0.717) is 17.1 Å². The van der Waals surface area contributed by atoms with Crippen molar-refractivity contribution in [3.63, 3.8) is 0 Å². The number of furan rings is 1. The average Bonchev–Trinajstić information content (AvgIpc) is 3.01. The first kappa shape index (κ1) is 18.5. The highest BCUT2D eigenvalue weighted by molar-refractivity contribution is 5.96. The maximum absolute atomic E-state index is 12.4. The molecule has 6 heteroatoms. The maximum Gasteiger partial charge on any atom is 0.375 e. The van der Waals surface area contributed by atoms with Gasteiger partial charge in [0.05, 0.1) is 6.61 Å². The van der Waals surface area contributed by atoms with Crippen molar-refractivity contribution in [3.05, 3.63) is 35.6 Å². The second kappa shape index (κ2) is 8.36. The largest absolute Gasteiger partial charge is 0.450 e. The van der Waals surface area contributed by atoms with E-state index in [4.69, 9.17) is 13.9 Å². The summed E-state index contributed by atoms with van der Waals surface area (Å²) >= 11 is 0. The van der Waals surface area contributed by atoms with Crippen LogP contribution in [0, 0.1) is 5.92 Å². The monoisotopic (exact) mass is 359 g/mol. The van der Waals surface area contributed by atoms with Gasteiger partial charge in [-0.1, -0.05) is 25.1 Å². The predicted molar refractivity (Wildman–Crippen MR) is 96.8 cm³/mol. The van der Waals surface area contributed by atoms with Crippen molar-refractivity contribution in [2.24, 2.45) is 5.92 Å². The van der Waals surface area contributed by atoms with Crippen LogP contribution < -0.4 is 5.32 Å². The summed E-state index contributed by atoms with van der Waals surface area (Å²) in [6, 6.07) is 7.51. The van der Waals surface area contributed by atoms with Crippen molar-refractivity contribution < 1.29 is 23.5 Å². The number of methoxy groups -OCH3 is 1. The predicted octanol–water partition coefficient (Wildman–Crippen LogP) is 3.43. The summed E-state index contributed by atoms with van der Waals surface area (Å²) in [5, 5.41) is 3.75. The lowest BCUT2D eigenvalue weighted by Gasteiger charge is -2.26. The van der Waals surface area contributed by atoms with Crippen LogP contribution in [-0.4, -0.2) is 31.6 Å². The quantitative estimate of drug-likeness (QED) is 0.800. The lowest BCUT2D eigenvalue weighted by atomic mass is 9.87. The highest BCUT2D eigenvalue weighted by atomic mass is 16.5. The SMILES string of the molecule is COCc1c(C(=O)OCC(=O)NC2CCC(C)CC2)oc2ccccc12. The number of benzene rings is 1. The zero-order valence-electron chi connectivity index (χ0n) is 15.2. The molecule has 1 aromatic heterocycles. The fraction of sp³-hybridized carbons (Fsp3) is 0.500. The van der Waals surface area contributed by atoms with Gasteiger partial charge in [0.15, 0.2) is 6.61 Å². The van der Waals surface area contributed by atoms with Crippen LogP contribution in [-0.2, 0) is 20.9 Å². The summed E-state index contributed by atoms with van der Waals surface area (Å²) in [6.45, 7) is 2.15. The molecule has 1 aliphatic carbocycles. The van der Waals surface area contributed by atoms with E-state index < -0.39 is 5.97 Å². The van der Waals surface area contributed by atoms with Gasteiger partial charge in [-0.2, -0.15) is 0 Å². The van der Waals surface area contributed by atoms with Crippen molar-refractivity contribution >= 4 is 22.8 Å². The van der Waals surface area contributed by atoms with Gasteiger partial charge in [-0.05, 0) is 37.7 Å². The first-order valence-electron chi connectivity index (χ1n) is 9.04. The Bertz CT molecular complexity index is 774. The third kappa shape index (κ3) is 4.25. The average molecular weight is 359 g/mol. The Balaban J connectivity index is 1.60. The van der Waals surface area contributed by atoms with Crippen LogP contribution in [0.1, 0.15) is 48.7 Å². The number of hydrogen-bond donors (Lipinski definition) is 1. The fourth-order valence-corrected chi connectivity index (χ4v) is 3.42. The van der Waals surface area contributed by atoms with Gasteiger partial charge < -0.3 is 19.2 Å². The number of hydrogen-bond acceptors (Lipinski definition) is 5. The standard InChI is InChI=1S/C20H25NO5/c1-13-7-9-14(10-8-13)21-18(22)12-25-20(23)19-16(11-24-2)15-5-3-4-6-17(15)26-19/h3-6,13-14H,7-12H2,1-2H3,(H,21,22). The van der Waals surface area contributed by atoms with Crippen molar-refractivity contribution in [1.82, 2.24) is 5.32 Å². The number of fused-ring (bicyclic) bond motifs is 1. The molecule has 0 unspecified atom stereocenters. The summed E-state index contributed by atoms with van der Waals surface area (Å²) < 4.78 is 16.0. The molecule has 6 nitrogen and oxygen atoms in total. The van der Waals surface area contributed by atoms with Gasteiger partial charge in [-0.25, -0.2) is 4.79 Å². The summed E-state index contributed by atoms with van der Waals surface area (Å²) in [7, 11) is 1.55. The van der Waals surface area contributed by atoms with Crippen molar-refractivity contribution in [2.45, 2.75) is 45.3 Å². The van der Waals surface area contributed by atoms with Crippen molar-refractivity contribution in [1.29, 1.82) is 0 Å². The summed E-state index contributed by atoms with van der Waals surface area (Å²) in [5.74, 6) is -0.122. The van der Waals surface area contributed by atoms with Gasteiger partial charge in [0.1, 0.15) is 5.58 Å². The Labute approximate surface area is 152 Å². The molecule has 3 rings (SSSR count). The van der Waals surface area contributed by atoms with Gasteiger partial charge in [0.2, 0.25) is 5.76 Å². The molecule has 1 fully saturated rings. The maximum atomic E-state index is 12.4. The number of amides is 1. The molecule has 0 spiro atoms. The Kier molecular flexibility index (Phi) is 5.93. The Morgan fingerprint density at radius 1 is 1.19 bits per heavy atom. The molecule has 26 heavy (non-hydrogen) atoms. The van der Waals surface area contributed by atoms with Crippen LogP contribution in [0.5, 0.6) is 0 Å². The lowest BCUT2D eigenvalue weighted by molar-refractivity contribution is -0.125. The molecule has 0 bridgehead atoms. The molecule has 1 saturated carbocycles. The minimum atomic E-state index is -0.652. The van der Waals surface area contributed by atoms with Crippen LogP contribution in [0.2, 0.25) is 0 Å². The van der Waals surface area contributed by atoms with E-state index in [0.717, 1.165) is 31.1 Å². The third-order valence-corrected chi connectivity index (χ3v) is 4.89. The second-order valence-corrected chi connectivity index (χ2v) is 6.94. The molecule has 1 heterocycles. The van der Waals surface area contributed by atoms with E-state index in [1.54, 1.807) is 13.2 Å². The zero-order chi connectivity index (χ0) is 18.5. The van der Waals surface area contributed by atoms with E-state index in [2.05, 4.69) is 12.2 Å². The third-order valence-electron chi connectivity index (χ3n) is 4.89. The van der Waals surface area contributed by atoms with Crippen LogP contribution in [0.4, 0.5) is 0 Å². The number of carbonyl (C=O) groups is 2. The molecule has 0 saturated heterocycles. The van der Waals surface area contributed by atoms with Gasteiger partial charge >= 0.3 is 5.97 Å². The second-order valence-electron chi connectivity index (χ2n) is 6.94. The van der Waals surface area contributed by atoms with E-state index in [1.165, 1.54) is 0 Å². The van der Waals surface area contributed by atoms with E-state index in [-0.39, 0.29) is 30.9 Å². The molecule has 0 atom stereocenters. The first-order valence-corrected chi connectivity index (χ1v) is 9.04. The number of esters is 1.